The summed E-state index contributed by atoms with van der Waals surface area (Å²) in [5.41, 5.74) is 4.37. The highest BCUT2D eigenvalue weighted by Gasteiger charge is 2.27. The molecule has 1 unspecified atom stereocenters. The molecule has 146 valence electrons. The highest BCUT2D eigenvalue weighted by molar-refractivity contribution is 6.07. The maximum atomic E-state index is 12.6. The van der Waals surface area contributed by atoms with E-state index in [9.17, 15) is 9.59 Å². The maximum absolute atomic E-state index is 12.6. The zero-order chi connectivity index (χ0) is 20.4. The quantitative estimate of drug-likeness (QED) is 0.679. The van der Waals surface area contributed by atoms with Gasteiger partial charge in [-0.15, -0.1) is 0 Å². The molecule has 29 heavy (non-hydrogen) atoms. The van der Waals surface area contributed by atoms with Crippen molar-refractivity contribution in [1.82, 2.24) is 4.98 Å². The third-order valence-corrected chi connectivity index (χ3v) is 5.05. The number of fused-ring (bicyclic) bond motifs is 1. The van der Waals surface area contributed by atoms with Gasteiger partial charge in [0.15, 0.2) is 0 Å². The second-order valence-corrected chi connectivity index (χ2v) is 6.94. The van der Waals surface area contributed by atoms with Crippen LogP contribution in [0, 0.1) is 0 Å². The first-order valence-corrected chi connectivity index (χ1v) is 9.40. The van der Waals surface area contributed by atoms with Crippen LogP contribution in [0.1, 0.15) is 33.3 Å². The van der Waals surface area contributed by atoms with E-state index < -0.39 is 5.97 Å². The minimum absolute atomic E-state index is 0.272. The average molecular weight is 387 g/mol. The Morgan fingerprint density at radius 2 is 1.83 bits per heavy atom. The van der Waals surface area contributed by atoms with Crippen molar-refractivity contribution in [3.05, 3.63) is 83.7 Å². The summed E-state index contributed by atoms with van der Waals surface area (Å²) in [5.74, 6) is -0.895. The Morgan fingerprint density at radius 3 is 2.59 bits per heavy atom. The second kappa shape index (κ2) is 7.75. The predicted molar refractivity (Wildman–Crippen MR) is 112 cm³/mol. The number of nitrogens with one attached hydrogen (secondary N) is 1. The molecule has 1 amide bonds. The monoisotopic (exact) mass is 387 g/mol. The summed E-state index contributed by atoms with van der Waals surface area (Å²) in [4.78, 5) is 31.1. The summed E-state index contributed by atoms with van der Waals surface area (Å²) in [7, 11) is 1.30. The SMILES string of the molecule is COC(=O)c1ccccc1NC(=O)c1ccc(N2c3ccccc3CC2C)cn1. The Kier molecular flexibility index (Phi) is 4.99. The van der Waals surface area contributed by atoms with Gasteiger partial charge in [-0.3, -0.25) is 4.79 Å². The molecular weight excluding hydrogens is 366 g/mol. The summed E-state index contributed by atoms with van der Waals surface area (Å²) in [6.07, 6.45) is 2.68. The van der Waals surface area contributed by atoms with Gasteiger partial charge in [-0.05, 0) is 49.2 Å². The Hall–Kier alpha value is -3.67. The molecule has 0 saturated heterocycles. The van der Waals surface area contributed by atoms with Crippen molar-refractivity contribution in [2.24, 2.45) is 0 Å². The number of pyridine rings is 1. The molecule has 0 radical (unpaired) electrons. The molecule has 2 aromatic carbocycles. The molecule has 0 aliphatic carbocycles. The molecule has 4 rings (SSSR count). The summed E-state index contributed by atoms with van der Waals surface area (Å²) in [6.45, 7) is 2.17. The number of aromatic nitrogens is 1. The number of esters is 1. The third kappa shape index (κ3) is 3.57. The van der Waals surface area contributed by atoms with Gasteiger partial charge >= 0.3 is 5.97 Å². The van der Waals surface area contributed by atoms with Gasteiger partial charge in [-0.1, -0.05) is 30.3 Å². The number of benzene rings is 2. The molecule has 1 aromatic heterocycles. The molecule has 1 atom stereocenters. The number of carbonyl (C=O) groups is 2. The number of hydrogen-bond acceptors (Lipinski definition) is 5. The number of ether oxygens (including phenoxy) is 1. The molecule has 1 N–H and O–H groups in total. The van der Waals surface area contributed by atoms with Gasteiger partial charge in [0, 0.05) is 11.7 Å². The first-order valence-electron chi connectivity index (χ1n) is 9.40. The summed E-state index contributed by atoms with van der Waals surface area (Å²) in [5, 5.41) is 2.74. The van der Waals surface area contributed by atoms with Crippen molar-refractivity contribution in [3.63, 3.8) is 0 Å². The van der Waals surface area contributed by atoms with E-state index in [1.54, 1.807) is 36.5 Å². The van der Waals surface area contributed by atoms with Crippen LogP contribution in [0.15, 0.2) is 66.9 Å². The molecule has 0 saturated carbocycles. The van der Waals surface area contributed by atoms with Crippen molar-refractivity contribution in [1.29, 1.82) is 0 Å². The standard InChI is InChI=1S/C23H21N3O3/c1-15-13-16-7-3-6-10-21(16)26(15)17-11-12-20(24-14-17)22(27)25-19-9-5-4-8-18(19)23(28)29-2/h3-12,14-15H,13H2,1-2H3,(H,25,27). The van der Waals surface area contributed by atoms with Crippen LogP contribution >= 0.6 is 0 Å². The molecule has 0 spiro atoms. The lowest BCUT2D eigenvalue weighted by molar-refractivity contribution is 0.0602. The van der Waals surface area contributed by atoms with Crippen LogP contribution in [-0.2, 0) is 11.2 Å². The Morgan fingerprint density at radius 1 is 1.07 bits per heavy atom. The lowest BCUT2D eigenvalue weighted by Crippen LogP contribution is -2.24. The van der Waals surface area contributed by atoms with E-state index in [-0.39, 0.29) is 11.6 Å². The van der Waals surface area contributed by atoms with Crippen molar-refractivity contribution >= 4 is 28.9 Å². The van der Waals surface area contributed by atoms with E-state index in [2.05, 4.69) is 34.3 Å². The zero-order valence-electron chi connectivity index (χ0n) is 16.3. The molecule has 2 heterocycles. The Balaban J connectivity index is 1.55. The van der Waals surface area contributed by atoms with Crippen molar-refractivity contribution in [2.75, 3.05) is 17.3 Å². The number of nitrogens with zero attached hydrogens (tertiary/aromatic N) is 2. The molecule has 6 nitrogen and oxygen atoms in total. The van der Waals surface area contributed by atoms with E-state index in [1.165, 1.54) is 18.4 Å². The smallest absolute Gasteiger partial charge is 0.339 e. The van der Waals surface area contributed by atoms with Crippen LogP contribution in [0.2, 0.25) is 0 Å². The fourth-order valence-electron chi connectivity index (χ4n) is 3.69. The highest BCUT2D eigenvalue weighted by Crippen LogP contribution is 2.37. The Labute approximate surface area is 169 Å². The van der Waals surface area contributed by atoms with Gasteiger partial charge in [0.05, 0.1) is 30.2 Å². The number of anilines is 3. The topological polar surface area (TPSA) is 71.5 Å². The fraction of sp³-hybridized carbons (Fsp3) is 0.174. The fourth-order valence-corrected chi connectivity index (χ4v) is 3.69. The van der Waals surface area contributed by atoms with E-state index in [1.807, 2.05) is 18.2 Å². The van der Waals surface area contributed by atoms with Crippen LogP contribution in [0.25, 0.3) is 0 Å². The molecule has 1 aliphatic heterocycles. The molecule has 0 fully saturated rings. The number of rotatable bonds is 4. The first kappa shape index (κ1) is 18.7. The van der Waals surface area contributed by atoms with Gasteiger partial charge in [0.25, 0.3) is 5.91 Å². The largest absolute Gasteiger partial charge is 0.465 e. The first-order chi connectivity index (χ1) is 14.1. The minimum atomic E-state index is -0.508. The average Bonchev–Trinajstić information content (AvgIpc) is 3.09. The van der Waals surface area contributed by atoms with Gasteiger partial charge < -0.3 is 15.0 Å². The van der Waals surface area contributed by atoms with Crippen LogP contribution in [-0.4, -0.2) is 30.0 Å². The number of amides is 1. The van der Waals surface area contributed by atoms with Gasteiger partial charge in [-0.2, -0.15) is 0 Å². The van der Waals surface area contributed by atoms with Gasteiger partial charge in [0.1, 0.15) is 5.69 Å². The lowest BCUT2D eigenvalue weighted by Gasteiger charge is -2.24. The molecule has 0 bridgehead atoms. The number of methoxy groups -OCH3 is 1. The van der Waals surface area contributed by atoms with Crippen LogP contribution in [0.5, 0.6) is 0 Å². The Bertz CT molecular complexity index is 1060. The summed E-state index contributed by atoms with van der Waals surface area (Å²) < 4.78 is 4.76. The third-order valence-electron chi connectivity index (χ3n) is 5.05. The molecule has 3 aromatic rings. The van der Waals surface area contributed by atoms with E-state index in [0.717, 1.165) is 12.1 Å². The van der Waals surface area contributed by atoms with E-state index in [4.69, 9.17) is 4.74 Å². The van der Waals surface area contributed by atoms with Crippen molar-refractivity contribution < 1.29 is 14.3 Å². The van der Waals surface area contributed by atoms with Gasteiger partial charge in [0.2, 0.25) is 0 Å². The minimum Gasteiger partial charge on any atom is -0.465 e. The lowest BCUT2D eigenvalue weighted by atomic mass is 10.1. The number of carbonyl (C=O) groups excluding carboxylic acids is 2. The van der Waals surface area contributed by atoms with E-state index >= 15 is 0 Å². The number of para-hydroxylation sites is 2. The van der Waals surface area contributed by atoms with E-state index in [0.29, 0.717) is 17.3 Å². The maximum Gasteiger partial charge on any atom is 0.339 e. The predicted octanol–water partition coefficient (Wildman–Crippen LogP) is 4.20. The van der Waals surface area contributed by atoms with Gasteiger partial charge in [-0.25, -0.2) is 9.78 Å². The molecular formula is C23H21N3O3. The summed E-state index contributed by atoms with van der Waals surface area (Å²) >= 11 is 0. The van der Waals surface area contributed by atoms with Crippen LogP contribution in [0.4, 0.5) is 17.1 Å². The normalized spacial score (nSPS) is 15.0. The second-order valence-electron chi connectivity index (χ2n) is 6.94. The molecule has 1 aliphatic rings. The van der Waals surface area contributed by atoms with Crippen LogP contribution < -0.4 is 10.2 Å². The number of hydrogen-bond donors (Lipinski definition) is 1. The van der Waals surface area contributed by atoms with Crippen LogP contribution in [0.3, 0.4) is 0 Å². The van der Waals surface area contributed by atoms with Crippen molar-refractivity contribution in [3.8, 4) is 0 Å². The highest BCUT2D eigenvalue weighted by atomic mass is 16.5. The molecule has 6 heteroatoms. The zero-order valence-corrected chi connectivity index (χ0v) is 16.3. The van der Waals surface area contributed by atoms with Crippen molar-refractivity contribution in [2.45, 2.75) is 19.4 Å². The summed E-state index contributed by atoms with van der Waals surface area (Å²) in [6, 6.07) is 18.9.